The van der Waals surface area contributed by atoms with E-state index in [0.29, 0.717) is 12.0 Å². The van der Waals surface area contributed by atoms with Crippen LogP contribution in [0.5, 0.6) is 11.5 Å². The summed E-state index contributed by atoms with van der Waals surface area (Å²) in [6.07, 6.45) is 7.65. The van der Waals surface area contributed by atoms with Crippen molar-refractivity contribution in [2.24, 2.45) is 5.41 Å². The molecule has 2 aliphatic rings. The minimum absolute atomic E-state index is 0.125. The Hall–Kier alpha value is -3.34. The zero-order chi connectivity index (χ0) is 20.6. The van der Waals surface area contributed by atoms with E-state index in [9.17, 15) is 19.8 Å². The number of hydrogen-bond donors (Lipinski definition) is 3. The molecular formula is C24H23NO4. The van der Waals surface area contributed by atoms with Crippen LogP contribution in [0.2, 0.25) is 0 Å². The molecule has 0 radical (unpaired) electrons. The first-order valence-corrected chi connectivity index (χ1v) is 9.80. The van der Waals surface area contributed by atoms with Gasteiger partial charge in [0.05, 0.1) is 10.8 Å². The minimum atomic E-state index is -1.11. The van der Waals surface area contributed by atoms with Gasteiger partial charge in [0.2, 0.25) is 5.91 Å². The van der Waals surface area contributed by atoms with Crippen molar-refractivity contribution in [3.63, 3.8) is 0 Å². The maximum Gasteiger partial charge on any atom is 0.254 e. The second-order valence-corrected chi connectivity index (χ2v) is 7.63. The van der Waals surface area contributed by atoms with E-state index in [-0.39, 0.29) is 23.3 Å². The third-order valence-corrected chi connectivity index (χ3v) is 6.15. The van der Waals surface area contributed by atoms with Gasteiger partial charge in [-0.1, -0.05) is 62.3 Å². The molecule has 4 rings (SSSR count). The molecule has 2 aromatic rings. The number of phenols is 2. The van der Waals surface area contributed by atoms with E-state index in [2.05, 4.69) is 12.2 Å². The minimum Gasteiger partial charge on any atom is -0.508 e. The first kappa shape index (κ1) is 19.0. The van der Waals surface area contributed by atoms with Crippen LogP contribution in [-0.4, -0.2) is 22.0 Å². The summed E-state index contributed by atoms with van der Waals surface area (Å²) in [4.78, 5) is 26.2. The number of carbonyl (C=O) groups excluding carboxylic acids is 2. The Morgan fingerprint density at radius 2 is 1.45 bits per heavy atom. The number of benzene rings is 2. The number of rotatable bonds is 5. The summed E-state index contributed by atoms with van der Waals surface area (Å²) in [7, 11) is 0. The highest BCUT2D eigenvalue weighted by Crippen LogP contribution is 2.59. The summed E-state index contributed by atoms with van der Waals surface area (Å²) in [6.45, 7) is 2.05. The van der Waals surface area contributed by atoms with Crippen LogP contribution in [0.15, 0.2) is 72.3 Å². The van der Waals surface area contributed by atoms with Crippen molar-refractivity contribution >= 4 is 11.8 Å². The molecule has 3 N–H and O–H groups in total. The predicted octanol–water partition coefficient (Wildman–Crippen LogP) is 3.71. The Balaban J connectivity index is 2.07. The standard InChI is InChI=1S/C24H23NO4/c1-2-3-14-24-20(21(28)25-22(24)29)5-4-15-23(24,16-6-10-18(26)11-7-16)17-8-12-19(27)13-9-17/h4-13,15,26-27H,2-3,14H2,1H3,(H,25,28,29). The number of nitrogens with one attached hydrogen (secondary N) is 1. The molecule has 1 aliphatic heterocycles. The number of allylic oxidation sites excluding steroid dienone is 3. The van der Waals surface area contributed by atoms with E-state index in [4.69, 9.17) is 0 Å². The molecule has 1 saturated heterocycles. The topological polar surface area (TPSA) is 86.6 Å². The van der Waals surface area contributed by atoms with E-state index < -0.39 is 10.8 Å². The number of amides is 2. The van der Waals surface area contributed by atoms with Gasteiger partial charge in [0.25, 0.3) is 5.91 Å². The van der Waals surface area contributed by atoms with Gasteiger partial charge in [0.15, 0.2) is 0 Å². The quantitative estimate of drug-likeness (QED) is 0.681. The van der Waals surface area contributed by atoms with Crippen molar-refractivity contribution in [1.29, 1.82) is 0 Å². The van der Waals surface area contributed by atoms with Gasteiger partial charge in [-0.3, -0.25) is 14.9 Å². The third-order valence-electron chi connectivity index (χ3n) is 6.15. The smallest absolute Gasteiger partial charge is 0.254 e. The Morgan fingerprint density at radius 3 is 1.97 bits per heavy atom. The second-order valence-electron chi connectivity index (χ2n) is 7.63. The highest BCUT2D eigenvalue weighted by atomic mass is 16.3. The van der Waals surface area contributed by atoms with E-state index in [0.717, 1.165) is 24.0 Å². The number of unbranched alkanes of at least 4 members (excludes halogenated alkanes) is 1. The van der Waals surface area contributed by atoms with Crippen LogP contribution in [0.25, 0.3) is 0 Å². The summed E-state index contributed by atoms with van der Waals surface area (Å²) in [5.74, 6) is -0.426. The molecule has 2 amide bonds. The number of carbonyl (C=O) groups is 2. The van der Waals surface area contributed by atoms with Gasteiger partial charge in [0.1, 0.15) is 11.5 Å². The van der Waals surface area contributed by atoms with Crippen molar-refractivity contribution in [2.75, 3.05) is 0 Å². The van der Waals surface area contributed by atoms with Crippen molar-refractivity contribution in [3.8, 4) is 11.5 Å². The van der Waals surface area contributed by atoms with Crippen LogP contribution in [0.4, 0.5) is 0 Å². The van der Waals surface area contributed by atoms with E-state index in [1.54, 1.807) is 54.6 Å². The Labute approximate surface area is 169 Å². The molecule has 5 nitrogen and oxygen atoms in total. The van der Waals surface area contributed by atoms with Crippen molar-refractivity contribution < 1.29 is 19.8 Å². The molecular weight excluding hydrogens is 366 g/mol. The first-order chi connectivity index (χ1) is 14.0. The van der Waals surface area contributed by atoms with Gasteiger partial charge in [-0.2, -0.15) is 0 Å². The summed E-state index contributed by atoms with van der Waals surface area (Å²) in [5.41, 5.74) is -0.0145. The molecule has 1 unspecified atom stereocenters. The van der Waals surface area contributed by atoms with Crippen LogP contribution in [0.3, 0.4) is 0 Å². The summed E-state index contributed by atoms with van der Waals surface area (Å²) in [5, 5.41) is 22.2. The number of fused-ring (bicyclic) bond motifs is 1. The van der Waals surface area contributed by atoms with Crippen molar-refractivity contribution in [2.45, 2.75) is 31.6 Å². The average molecular weight is 389 g/mol. The lowest BCUT2D eigenvalue weighted by molar-refractivity contribution is -0.130. The molecule has 148 valence electrons. The molecule has 1 aliphatic carbocycles. The maximum atomic E-state index is 13.4. The molecule has 0 bridgehead atoms. The zero-order valence-corrected chi connectivity index (χ0v) is 16.2. The Kier molecular flexibility index (Phi) is 4.53. The molecule has 0 spiro atoms. The number of imide groups is 1. The first-order valence-electron chi connectivity index (χ1n) is 9.80. The van der Waals surface area contributed by atoms with Gasteiger partial charge in [-0.05, 0) is 41.8 Å². The van der Waals surface area contributed by atoms with Crippen molar-refractivity contribution in [3.05, 3.63) is 83.5 Å². The molecule has 0 saturated carbocycles. The van der Waals surface area contributed by atoms with Gasteiger partial charge in [-0.15, -0.1) is 0 Å². The fourth-order valence-electron chi connectivity index (χ4n) is 4.82. The molecule has 29 heavy (non-hydrogen) atoms. The predicted molar refractivity (Wildman–Crippen MR) is 109 cm³/mol. The number of hydrogen-bond acceptors (Lipinski definition) is 4. The Bertz CT molecular complexity index is 972. The van der Waals surface area contributed by atoms with Gasteiger partial charge < -0.3 is 10.2 Å². The van der Waals surface area contributed by atoms with Gasteiger partial charge in [-0.25, -0.2) is 0 Å². The van der Waals surface area contributed by atoms with Crippen LogP contribution in [0, 0.1) is 5.41 Å². The van der Waals surface area contributed by atoms with E-state index in [1.807, 2.05) is 12.2 Å². The van der Waals surface area contributed by atoms with Crippen LogP contribution in [0.1, 0.15) is 37.3 Å². The molecule has 1 atom stereocenters. The zero-order valence-electron chi connectivity index (χ0n) is 16.2. The number of phenolic OH excluding ortho intramolecular Hbond substituents is 2. The highest BCUT2D eigenvalue weighted by molar-refractivity contribution is 6.19. The highest BCUT2D eigenvalue weighted by Gasteiger charge is 2.64. The number of aromatic hydroxyl groups is 2. The molecule has 0 aromatic heterocycles. The van der Waals surface area contributed by atoms with Crippen LogP contribution >= 0.6 is 0 Å². The summed E-state index contributed by atoms with van der Waals surface area (Å²) in [6, 6.07) is 13.5. The van der Waals surface area contributed by atoms with Crippen LogP contribution in [-0.2, 0) is 15.0 Å². The van der Waals surface area contributed by atoms with Crippen LogP contribution < -0.4 is 5.32 Å². The fraction of sp³-hybridized carbons (Fsp3) is 0.250. The lowest BCUT2D eigenvalue weighted by atomic mass is 9.51. The molecule has 1 heterocycles. The van der Waals surface area contributed by atoms with E-state index >= 15 is 0 Å². The van der Waals surface area contributed by atoms with Gasteiger partial charge >= 0.3 is 0 Å². The molecule has 1 fully saturated rings. The van der Waals surface area contributed by atoms with E-state index in [1.165, 1.54) is 0 Å². The fourth-order valence-corrected chi connectivity index (χ4v) is 4.82. The molecule has 2 aromatic carbocycles. The monoisotopic (exact) mass is 389 g/mol. The van der Waals surface area contributed by atoms with Crippen molar-refractivity contribution in [1.82, 2.24) is 5.32 Å². The Morgan fingerprint density at radius 1 is 0.897 bits per heavy atom. The lowest BCUT2D eigenvalue weighted by Gasteiger charge is -2.48. The summed E-state index contributed by atoms with van der Waals surface area (Å²) < 4.78 is 0. The largest absolute Gasteiger partial charge is 0.508 e. The lowest BCUT2D eigenvalue weighted by Crippen LogP contribution is -2.51. The summed E-state index contributed by atoms with van der Waals surface area (Å²) >= 11 is 0. The maximum absolute atomic E-state index is 13.4. The molecule has 5 heteroatoms. The third kappa shape index (κ3) is 2.61. The SMILES string of the molecule is CCCCC12C(=O)NC(=O)C1=CC=CC2(c1ccc(O)cc1)c1ccc(O)cc1. The second kappa shape index (κ2) is 6.92. The van der Waals surface area contributed by atoms with Gasteiger partial charge in [0, 0.05) is 5.57 Å². The normalized spacial score (nSPS) is 22.2. The average Bonchev–Trinajstić information content (AvgIpc) is 2.98.